The van der Waals surface area contributed by atoms with Crippen LogP contribution in [0.3, 0.4) is 0 Å². The van der Waals surface area contributed by atoms with Crippen LogP contribution in [0.15, 0.2) is 18.2 Å². The van der Waals surface area contributed by atoms with Gasteiger partial charge < -0.3 is 5.73 Å². The summed E-state index contributed by atoms with van der Waals surface area (Å²) < 4.78 is 13.0. The van der Waals surface area contributed by atoms with Crippen LogP contribution in [0.1, 0.15) is 26.3 Å². The minimum atomic E-state index is -0.297. The van der Waals surface area contributed by atoms with Gasteiger partial charge in [-0.05, 0) is 36.2 Å². The molecule has 0 unspecified atom stereocenters. The van der Waals surface area contributed by atoms with E-state index in [1.165, 1.54) is 12.1 Å². The summed E-state index contributed by atoms with van der Waals surface area (Å²) in [7, 11) is 0. The van der Waals surface area contributed by atoms with Gasteiger partial charge in [-0.1, -0.05) is 38.4 Å². The molecule has 0 aromatic heterocycles. The van der Waals surface area contributed by atoms with Crippen molar-refractivity contribution in [2.45, 2.75) is 27.3 Å². The fourth-order valence-corrected chi connectivity index (χ4v) is 2.07. The molecule has 0 aliphatic heterocycles. The Bertz CT molecular complexity index is 393. The molecule has 102 valence electrons. The monoisotopic (exact) mass is 272 g/mol. The van der Waals surface area contributed by atoms with E-state index in [4.69, 9.17) is 17.3 Å². The van der Waals surface area contributed by atoms with Gasteiger partial charge in [0, 0.05) is 18.1 Å². The molecule has 1 aromatic carbocycles. The summed E-state index contributed by atoms with van der Waals surface area (Å²) in [6.07, 6.45) is 0. The largest absolute Gasteiger partial charge is 0.330 e. The first-order valence-corrected chi connectivity index (χ1v) is 6.62. The number of benzene rings is 1. The van der Waals surface area contributed by atoms with Crippen molar-refractivity contribution in [1.82, 2.24) is 4.90 Å². The molecule has 0 spiro atoms. The Hall–Kier alpha value is -0.640. The molecule has 18 heavy (non-hydrogen) atoms. The highest BCUT2D eigenvalue weighted by atomic mass is 35.5. The lowest BCUT2D eigenvalue weighted by molar-refractivity contribution is 0.183. The van der Waals surface area contributed by atoms with Crippen LogP contribution in [0.25, 0.3) is 0 Å². The van der Waals surface area contributed by atoms with E-state index in [2.05, 4.69) is 25.7 Å². The second kappa shape index (κ2) is 6.50. The van der Waals surface area contributed by atoms with Gasteiger partial charge in [-0.3, -0.25) is 4.90 Å². The van der Waals surface area contributed by atoms with Crippen LogP contribution in [0.2, 0.25) is 5.02 Å². The van der Waals surface area contributed by atoms with Crippen LogP contribution in [0.5, 0.6) is 0 Å². The molecule has 1 aromatic rings. The van der Waals surface area contributed by atoms with Crippen LogP contribution in [0.4, 0.5) is 4.39 Å². The first kappa shape index (κ1) is 15.4. The van der Waals surface area contributed by atoms with Crippen molar-refractivity contribution in [3.63, 3.8) is 0 Å². The van der Waals surface area contributed by atoms with E-state index >= 15 is 0 Å². The summed E-state index contributed by atoms with van der Waals surface area (Å²) in [6.45, 7) is 9.55. The van der Waals surface area contributed by atoms with E-state index in [9.17, 15) is 4.39 Å². The fourth-order valence-electron chi connectivity index (χ4n) is 1.84. The molecule has 1 rings (SSSR count). The molecule has 0 bridgehead atoms. The third kappa shape index (κ3) is 4.56. The minimum absolute atomic E-state index is 0.0719. The molecule has 2 N–H and O–H groups in total. The Morgan fingerprint density at radius 2 is 2.06 bits per heavy atom. The Kier molecular flexibility index (Phi) is 5.57. The highest BCUT2D eigenvalue weighted by molar-refractivity contribution is 6.31. The van der Waals surface area contributed by atoms with E-state index in [0.29, 0.717) is 11.6 Å². The van der Waals surface area contributed by atoms with Gasteiger partial charge in [0.2, 0.25) is 0 Å². The molecule has 0 saturated heterocycles. The number of rotatable bonds is 6. The molecule has 0 aliphatic rings. The normalized spacial score (nSPS) is 12.2. The van der Waals surface area contributed by atoms with Gasteiger partial charge >= 0.3 is 0 Å². The van der Waals surface area contributed by atoms with Crippen molar-refractivity contribution < 1.29 is 4.39 Å². The summed E-state index contributed by atoms with van der Waals surface area (Å²) in [6, 6.07) is 4.55. The van der Waals surface area contributed by atoms with Crippen molar-refractivity contribution in [1.29, 1.82) is 0 Å². The average molecular weight is 273 g/mol. The smallest absolute Gasteiger partial charge is 0.124 e. The molecule has 4 heteroatoms. The topological polar surface area (TPSA) is 29.3 Å². The van der Waals surface area contributed by atoms with Gasteiger partial charge in [-0.15, -0.1) is 0 Å². The average Bonchev–Trinajstić information content (AvgIpc) is 2.31. The zero-order valence-corrected chi connectivity index (χ0v) is 12.1. The quantitative estimate of drug-likeness (QED) is 0.861. The van der Waals surface area contributed by atoms with Crippen molar-refractivity contribution in [3.8, 4) is 0 Å². The highest BCUT2D eigenvalue weighted by Gasteiger charge is 2.20. The number of hydrogen-bond acceptors (Lipinski definition) is 2. The first-order valence-electron chi connectivity index (χ1n) is 6.24. The molecule has 2 nitrogen and oxygen atoms in total. The Morgan fingerprint density at radius 1 is 1.39 bits per heavy atom. The van der Waals surface area contributed by atoms with Gasteiger partial charge in [0.1, 0.15) is 5.82 Å². The molecule has 0 fully saturated rings. The van der Waals surface area contributed by atoms with Gasteiger partial charge in [0.15, 0.2) is 0 Å². The zero-order chi connectivity index (χ0) is 13.8. The van der Waals surface area contributed by atoms with Crippen LogP contribution < -0.4 is 5.73 Å². The lowest BCUT2D eigenvalue weighted by Crippen LogP contribution is -2.38. The minimum Gasteiger partial charge on any atom is -0.330 e. The number of nitrogens with zero attached hydrogens (tertiary/aromatic N) is 1. The molecular formula is C14H22ClFN2. The number of nitrogens with two attached hydrogens (primary N) is 1. The third-order valence-corrected chi connectivity index (χ3v) is 3.41. The maximum Gasteiger partial charge on any atom is 0.124 e. The molecular weight excluding hydrogens is 251 g/mol. The molecule has 0 saturated carbocycles. The van der Waals surface area contributed by atoms with E-state index < -0.39 is 0 Å². The summed E-state index contributed by atoms with van der Waals surface area (Å²) in [5, 5.41) is 0.485. The van der Waals surface area contributed by atoms with Gasteiger partial charge in [0.05, 0.1) is 0 Å². The zero-order valence-electron chi connectivity index (χ0n) is 11.3. The summed E-state index contributed by atoms with van der Waals surface area (Å²) in [4.78, 5) is 2.27. The van der Waals surface area contributed by atoms with E-state index in [1.54, 1.807) is 6.07 Å². The second-order valence-corrected chi connectivity index (χ2v) is 5.81. The molecule has 0 aliphatic carbocycles. The van der Waals surface area contributed by atoms with E-state index in [1.807, 2.05) is 0 Å². The van der Waals surface area contributed by atoms with Crippen LogP contribution in [0, 0.1) is 11.2 Å². The molecule has 0 atom stereocenters. The van der Waals surface area contributed by atoms with Crippen LogP contribution >= 0.6 is 11.6 Å². The van der Waals surface area contributed by atoms with Crippen molar-refractivity contribution >= 4 is 11.6 Å². The van der Waals surface area contributed by atoms with Gasteiger partial charge in [-0.25, -0.2) is 4.39 Å². The second-order valence-electron chi connectivity index (χ2n) is 5.41. The standard InChI is InChI=1S/C14H22ClFN2/c1-4-18(10-14(2,3)9-17)8-11-5-6-12(16)7-13(11)15/h5-7H,4,8-10,17H2,1-3H3. The lowest BCUT2D eigenvalue weighted by Gasteiger charge is -2.31. The molecule has 0 radical (unpaired) electrons. The van der Waals surface area contributed by atoms with E-state index in [-0.39, 0.29) is 11.2 Å². The maximum absolute atomic E-state index is 13.0. The first-order chi connectivity index (χ1) is 8.38. The van der Waals surface area contributed by atoms with Gasteiger partial charge in [-0.2, -0.15) is 0 Å². The van der Waals surface area contributed by atoms with Crippen LogP contribution in [-0.4, -0.2) is 24.5 Å². The lowest BCUT2D eigenvalue weighted by atomic mass is 9.93. The molecule has 0 heterocycles. The highest BCUT2D eigenvalue weighted by Crippen LogP contribution is 2.21. The summed E-state index contributed by atoms with van der Waals surface area (Å²) >= 11 is 6.04. The summed E-state index contributed by atoms with van der Waals surface area (Å²) in [5.41, 5.74) is 6.77. The van der Waals surface area contributed by atoms with Crippen molar-refractivity contribution in [3.05, 3.63) is 34.6 Å². The van der Waals surface area contributed by atoms with E-state index in [0.717, 1.165) is 25.2 Å². The Labute approximate surface area is 114 Å². The van der Waals surface area contributed by atoms with Crippen LogP contribution in [-0.2, 0) is 6.54 Å². The summed E-state index contributed by atoms with van der Waals surface area (Å²) in [5.74, 6) is -0.297. The Morgan fingerprint density at radius 3 is 2.56 bits per heavy atom. The third-order valence-electron chi connectivity index (χ3n) is 3.06. The van der Waals surface area contributed by atoms with Gasteiger partial charge in [0.25, 0.3) is 0 Å². The fraction of sp³-hybridized carbons (Fsp3) is 0.571. The van der Waals surface area contributed by atoms with Crippen molar-refractivity contribution in [2.24, 2.45) is 11.1 Å². The molecule has 0 amide bonds. The number of halogens is 2. The Balaban J connectivity index is 2.74. The van der Waals surface area contributed by atoms with Crippen molar-refractivity contribution in [2.75, 3.05) is 19.6 Å². The SMILES string of the molecule is CCN(Cc1ccc(F)cc1Cl)CC(C)(C)CN. The predicted molar refractivity (Wildman–Crippen MR) is 75.2 cm³/mol. The maximum atomic E-state index is 13.0. The predicted octanol–water partition coefficient (Wildman–Crippen LogP) is 3.29. The number of hydrogen-bond donors (Lipinski definition) is 1.